The Balaban J connectivity index is 2.05. The average Bonchev–Trinajstić information content (AvgIpc) is 2.47. The lowest BCUT2D eigenvalue weighted by Crippen LogP contribution is -2.60. The highest BCUT2D eigenvalue weighted by atomic mass is 35.5. The van der Waals surface area contributed by atoms with Crippen molar-refractivity contribution in [3.8, 4) is 0 Å². The number of ketones is 1. The molecule has 2 unspecified atom stereocenters. The first-order valence-corrected chi connectivity index (χ1v) is 8.51. The number of aliphatic hydroxyl groups is 1. The van der Waals surface area contributed by atoms with Crippen LogP contribution in [0.4, 0.5) is 0 Å². The van der Waals surface area contributed by atoms with Gasteiger partial charge in [-0.25, -0.2) is 8.42 Å². The van der Waals surface area contributed by atoms with Gasteiger partial charge < -0.3 is 9.84 Å². The highest BCUT2D eigenvalue weighted by Gasteiger charge is 2.48. The molecule has 3 rings (SSSR count). The Bertz CT molecular complexity index is 728. The van der Waals surface area contributed by atoms with Gasteiger partial charge in [-0.05, 0) is 24.3 Å². The van der Waals surface area contributed by atoms with Crippen LogP contribution < -0.4 is 0 Å². The first-order chi connectivity index (χ1) is 10.4. The van der Waals surface area contributed by atoms with Gasteiger partial charge in [0, 0.05) is 17.0 Å². The maximum Gasteiger partial charge on any atom is 0.244 e. The van der Waals surface area contributed by atoms with E-state index in [1.807, 2.05) is 0 Å². The highest BCUT2D eigenvalue weighted by Crippen LogP contribution is 2.34. The second-order valence-electron chi connectivity index (χ2n) is 5.21. The molecule has 2 aliphatic rings. The molecule has 2 aliphatic heterocycles. The Morgan fingerprint density at radius 1 is 1.27 bits per heavy atom. The molecule has 0 aromatic heterocycles. The molecule has 1 aromatic rings. The highest BCUT2D eigenvalue weighted by molar-refractivity contribution is 7.89. The number of sulfonamides is 1. The number of nitrogens with zero attached hydrogens (tertiary/aromatic N) is 1. The van der Waals surface area contributed by atoms with Gasteiger partial charge in [0.1, 0.15) is 0 Å². The SMILES string of the molecule is O=C1CC2COCC(C1=CO)N2S(=O)(=O)c1ccc(Cl)cc1. The van der Waals surface area contributed by atoms with Crippen molar-refractivity contribution in [2.24, 2.45) is 0 Å². The summed E-state index contributed by atoms with van der Waals surface area (Å²) >= 11 is 5.79. The summed E-state index contributed by atoms with van der Waals surface area (Å²) in [7, 11) is -3.81. The maximum absolute atomic E-state index is 12.9. The fourth-order valence-electron chi connectivity index (χ4n) is 2.86. The van der Waals surface area contributed by atoms with E-state index in [1.165, 1.54) is 28.6 Å². The van der Waals surface area contributed by atoms with Crippen molar-refractivity contribution in [2.75, 3.05) is 13.2 Å². The van der Waals surface area contributed by atoms with E-state index < -0.39 is 22.1 Å². The second kappa shape index (κ2) is 5.66. The fourth-order valence-corrected chi connectivity index (χ4v) is 4.75. The molecule has 1 aromatic carbocycles. The van der Waals surface area contributed by atoms with E-state index in [0.717, 1.165) is 0 Å². The van der Waals surface area contributed by atoms with Crippen LogP contribution in [0.2, 0.25) is 5.02 Å². The van der Waals surface area contributed by atoms with Crippen molar-refractivity contribution in [1.82, 2.24) is 4.31 Å². The number of carbonyl (C=O) groups is 1. The minimum atomic E-state index is -3.81. The van der Waals surface area contributed by atoms with Crippen LogP contribution in [-0.2, 0) is 19.6 Å². The third kappa shape index (κ3) is 2.44. The lowest BCUT2D eigenvalue weighted by atomic mass is 9.91. The Morgan fingerprint density at radius 3 is 2.59 bits per heavy atom. The smallest absolute Gasteiger partial charge is 0.244 e. The Hall–Kier alpha value is -1.41. The van der Waals surface area contributed by atoms with E-state index in [1.54, 1.807) is 0 Å². The van der Waals surface area contributed by atoms with Gasteiger partial charge in [-0.3, -0.25) is 4.79 Å². The maximum atomic E-state index is 12.9. The molecule has 118 valence electrons. The standard InChI is InChI=1S/C14H14ClNO5S/c15-9-1-3-11(4-2-9)22(19,20)16-10-5-14(18)12(6-17)13(16)8-21-7-10/h1-4,6,10,13,17H,5,7-8H2. The molecular formula is C14H14ClNO5S. The molecule has 0 spiro atoms. The van der Waals surface area contributed by atoms with E-state index in [-0.39, 0.29) is 35.9 Å². The normalized spacial score (nSPS) is 28.0. The summed E-state index contributed by atoms with van der Waals surface area (Å²) in [6.07, 6.45) is 0.679. The van der Waals surface area contributed by atoms with Crippen molar-refractivity contribution < 1.29 is 23.1 Å². The monoisotopic (exact) mass is 343 g/mol. The molecule has 1 N–H and O–H groups in total. The summed E-state index contributed by atoms with van der Waals surface area (Å²) in [5, 5.41) is 9.72. The van der Waals surface area contributed by atoms with Crippen LogP contribution in [-0.4, -0.2) is 48.9 Å². The van der Waals surface area contributed by atoms with Gasteiger partial charge in [-0.1, -0.05) is 11.6 Å². The lowest BCUT2D eigenvalue weighted by molar-refractivity contribution is -0.123. The molecule has 22 heavy (non-hydrogen) atoms. The van der Waals surface area contributed by atoms with Crippen LogP contribution in [0.25, 0.3) is 0 Å². The van der Waals surface area contributed by atoms with Crippen molar-refractivity contribution in [2.45, 2.75) is 23.4 Å². The molecule has 8 heteroatoms. The van der Waals surface area contributed by atoms with Gasteiger partial charge in [0.25, 0.3) is 0 Å². The molecule has 2 saturated heterocycles. The fraction of sp³-hybridized carbons (Fsp3) is 0.357. The van der Waals surface area contributed by atoms with Gasteiger partial charge in [-0.15, -0.1) is 0 Å². The van der Waals surface area contributed by atoms with E-state index in [2.05, 4.69) is 0 Å². The molecule has 0 radical (unpaired) electrons. The quantitative estimate of drug-likeness (QED) is 0.650. The number of carbonyl (C=O) groups excluding carboxylic acids is 1. The number of rotatable bonds is 2. The molecular weight excluding hydrogens is 330 g/mol. The topological polar surface area (TPSA) is 83.9 Å². The zero-order valence-corrected chi connectivity index (χ0v) is 13.0. The van der Waals surface area contributed by atoms with Crippen LogP contribution in [0.1, 0.15) is 6.42 Å². The van der Waals surface area contributed by atoms with E-state index >= 15 is 0 Å². The van der Waals surface area contributed by atoms with Gasteiger partial charge in [0.15, 0.2) is 5.78 Å². The van der Waals surface area contributed by atoms with E-state index in [9.17, 15) is 18.3 Å². The first kappa shape index (κ1) is 15.5. The Morgan fingerprint density at radius 2 is 1.95 bits per heavy atom. The van der Waals surface area contributed by atoms with Crippen molar-refractivity contribution in [3.63, 3.8) is 0 Å². The summed E-state index contributed by atoms with van der Waals surface area (Å²) in [6, 6.07) is 4.48. The van der Waals surface area contributed by atoms with E-state index in [0.29, 0.717) is 11.3 Å². The predicted molar refractivity (Wildman–Crippen MR) is 79.2 cm³/mol. The average molecular weight is 344 g/mol. The zero-order valence-electron chi connectivity index (χ0n) is 11.5. The summed E-state index contributed by atoms with van der Waals surface area (Å²) in [6.45, 7) is 0.204. The number of aliphatic hydroxyl groups excluding tert-OH is 1. The lowest BCUT2D eigenvalue weighted by Gasteiger charge is -2.44. The minimum absolute atomic E-state index is 0.00425. The molecule has 2 atom stereocenters. The zero-order chi connectivity index (χ0) is 15.9. The van der Waals surface area contributed by atoms with Crippen molar-refractivity contribution in [1.29, 1.82) is 0 Å². The van der Waals surface area contributed by atoms with Crippen LogP contribution in [0.3, 0.4) is 0 Å². The summed E-state index contributed by atoms with van der Waals surface area (Å²) in [5.74, 6) is -0.247. The number of Topliss-reactive ketones (excluding diaryl/α,β-unsaturated/α-hetero) is 1. The van der Waals surface area contributed by atoms with Gasteiger partial charge in [0.2, 0.25) is 10.0 Å². The number of hydrogen-bond acceptors (Lipinski definition) is 5. The number of halogens is 1. The van der Waals surface area contributed by atoms with Crippen LogP contribution in [0, 0.1) is 0 Å². The molecule has 0 amide bonds. The minimum Gasteiger partial charge on any atom is -0.515 e. The number of fused-ring (bicyclic) bond motifs is 2. The van der Waals surface area contributed by atoms with Crippen LogP contribution in [0.15, 0.2) is 41.0 Å². The molecule has 0 aliphatic carbocycles. The van der Waals surface area contributed by atoms with Crippen LogP contribution >= 0.6 is 11.6 Å². The molecule has 2 bridgehead atoms. The first-order valence-electron chi connectivity index (χ1n) is 6.69. The molecule has 0 saturated carbocycles. The molecule has 2 heterocycles. The van der Waals surface area contributed by atoms with Crippen LogP contribution in [0.5, 0.6) is 0 Å². The van der Waals surface area contributed by atoms with Gasteiger partial charge >= 0.3 is 0 Å². The summed E-state index contributed by atoms with van der Waals surface area (Å²) in [4.78, 5) is 12.1. The summed E-state index contributed by atoms with van der Waals surface area (Å²) < 4.78 is 32.4. The molecule has 6 nitrogen and oxygen atoms in total. The third-order valence-electron chi connectivity index (χ3n) is 3.88. The van der Waals surface area contributed by atoms with Gasteiger partial charge in [-0.2, -0.15) is 4.31 Å². The summed E-state index contributed by atoms with van der Waals surface area (Å²) in [5.41, 5.74) is 0.0634. The Kier molecular flexibility index (Phi) is 3.98. The van der Waals surface area contributed by atoms with Crippen molar-refractivity contribution >= 4 is 27.4 Å². The number of hydrogen-bond donors (Lipinski definition) is 1. The van der Waals surface area contributed by atoms with E-state index in [4.69, 9.17) is 16.3 Å². The number of ether oxygens (including phenoxy) is 1. The number of morpholine rings is 1. The number of piperidine rings is 1. The predicted octanol–water partition coefficient (Wildman–Crippen LogP) is 1.51. The van der Waals surface area contributed by atoms with Gasteiger partial charge in [0.05, 0.1) is 36.5 Å². The second-order valence-corrected chi connectivity index (χ2v) is 7.49. The molecule has 2 fully saturated rings. The largest absolute Gasteiger partial charge is 0.515 e. The Labute approximate surface area is 133 Å². The number of benzene rings is 1. The van der Waals surface area contributed by atoms with Crippen molar-refractivity contribution in [3.05, 3.63) is 41.1 Å². The third-order valence-corrected chi connectivity index (χ3v) is 6.11.